The fourth-order valence-electron chi connectivity index (χ4n) is 1.86. The van der Waals surface area contributed by atoms with E-state index in [0.29, 0.717) is 5.69 Å². The van der Waals surface area contributed by atoms with Gasteiger partial charge in [-0.1, -0.05) is 23.8 Å². The zero-order chi connectivity index (χ0) is 15.6. The van der Waals surface area contributed by atoms with Crippen LogP contribution in [0.15, 0.2) is 53.4 Å². The first kappa shape index (κ1) is 15.1. The monoisotopic (exact) mass is 304 g/mol. The van der Waals surface area contributed by atoms with Crippen LogP contribution in [0.5, 0.6) is 0 Å². The molecule has 2 N–H and O–H groups in total. The highest BCUT2D eigenvalue weighted by atomic mass is 32.2. The molecule has 0 fully saturated rings. The lowest BCUT2D eigenvalue weighted by Crippen LogP contribution is -2.26. The van der Waals surface area contributed by atoms with Crippen LogP contribution in [0.3, 0.4) is 0 Å². The van der Waals surface area contributed by atoms with E-state index in [1.807, 2.05) is 19.1 Å². The van der Waals surface area contributed by atoms with Crippen molar-refractivity contribution in [1.29, 1.82) is 0 Å². The molecule has 0 spiro atoms. The fourth-order valence-corrected chi connectivity index (χ4v) is 3.10. The van der Waals surface area contributed by atoms with Gasteiger partial charge >= 0.3 is 0 Å². The van der Waals surface area contributed by atoms with Gasteiger partial charge in [0, 0.05) is 12.6 Å². The summed E-state index contributed by atoms with van der Waals surface area (Å²) in [5.74, 6) is -0.662. The van der Waals surface area contributed by atoms with Crippen molar-refractivity contribution in [1.82, 2.24) is 0 Å². The van der Waals surface area contributed by atoms with Gasteiger partial charge in [0.15, 0.2) is 0 Å². The van der Waals surface area contributed by atoms with E-state index in [9.17, 15) is 13.2 Å². The molecule has 6 heteroatoms. The highest BCUT2D eigenvalue weighted by Gasteiger charge is 2.22. The number of amides is 1. The average molecular weight is 304 g/mol. The van der Waals surface area contributed by atoms with Gasteiger partial charge in [-0.05, 0) is 37.3 Å². The second-order valence-electron chi connectivity index (χ2n) is 4.70. The average Bonchev–Trinajstić information content (AvgIpc) is 2.47. The van der Waals surface area contributed by atoms with Gasteiger partial charge in [0.1, 0.15) is 0 Å². The number of aryl methyl sites for hydroxylation is 1. The SMILES string of the molecule is Cc1ccc(N(C)S(=O)(=O)c2cccc(C(N)=O)c2)cc1. The number of primary amides is 1. The molecular formula is C15H16N2O3S. The van der Waals surface area contributed by atoms with Gasteiger partial charge < -0.3 is 5.73 Å². The number of hydrogen-bond acceptors (Lipinski definition) is 3. The van der Waals surface area contributed by atoms with Crippen molar-refractivity contribution < 1.29 is 13.2 Å². The minimum absolute atomic E-state index is 0.0295. The summed E-state index contributed by atoms with van der Waals surface area (Å²) in [6.45, 7) is 1.93. The van der Waals surface area contributed by atoms with Crippen LogP contribution in [0.25, 0.3) is 0 Å². The van der Waals surface area contributed by atoms with Crippen molar-refractivity contribution in [3.05, 3.63) is 59.7 Å². The Hall–Kier alpha value is -2.34. The molecule has 21 heavy (non-hydrogen) atoms. The molecule has 0 aliphatic heterocycles. The Balaban J connectivity index is 2.44. The van der Waals surface area contributed by atoms with E-state index in [0.717, 1.165) is 5.56 Å². The molecule has 0 aliphatic carbocycles. The quantitative estimate of drug-likeness (QED) is 0.937. The third-order valence-electron chi connectivity index (χ3n) is 3.17. The molecule has 0 atom stereocenters. The highest BCUT2D eigenvalue weighted by Crippen LogP contribution is 2.22. The molecule has 2 aromatic rings. The number of rotatable bonds is 4. The fraction of sp³-hybridized carbons (Fsp3) is 0.133. The molecular weight excluding hydrogens is 288 g/mol. The van der Waals surface area contributed by atoms with E-state index in [4.69, 9.17) is 5.73 Å². The molecule has 0 aromatic heterocycles. The number of benzene rings is 2. The molecule has 0 radical (unpaired) electrons. The zero-order valence-corrected chi connectivity index (χ0v) is 12.6. The molecule has 2 rings (SSSR count). The number of anilines is 1. The van der Waals surface area contributed by atoms with Crippen LogP contribution in [0.2, 0.25) is 0 Å². The summed E-state index contributed by atoms with van der Waals surface area (Å²) in [5.41, 5.74) is 6.93. The molecule has 0 aliphatic rings. The molecule has 0 unspecified atom stereocenters. The first-order valence-corrected chi connectivity index (χ1v) is 7.72. The van der Waals surface area contributed by atoms with Crippen LogP contribution in [0.4, 0.5) is 5.69 Å². The Morgan fingerprint density at radius 1 is 1.10 bits per heavy atom. The van der Waals surface area contributed by atoms with Crippen molar-refractivity contribution in [2.24, 2.45) is 5.73 Å². The van der Waals surface area contributed by atoms with E-state index in [1.54, 1.807) is 12.1 Å². The van der Waals surface area contributed by atoms with E-state index in [-0.39, 0.29) is 10.5 Å². The Morgan fingerprint density at radius 3 is 2.29 bits per heavy atom. The van der Waals surface area contributed by atoms with Crippen molar-refractivity contribution >= 4 is 21.6 Å². The molecule has 0 bridgehead atoms. The summed E-state index contributed by atoms with van der Waals surface area (Å²) in [6.07, 6.45) is 0. The second kappa shape index (κ2) is 5.57. The van der Waals surface area contributed by atoms with Crippen molar-refractivity contribution in [2.45, 2.75) is 11.8 Å². The number of sulfonamides is 1. The van der Waals surface area contributed by atoms with Crippen LogP contribution >= 0.6 is 0 Å². The standard InChI is InChI=1S/C15H16N2O3S/c1-11-6-8-13(9-7-11)17(2)21(19,20)14-5-3-4-12(10-14)15(16)18/h3-10H,1-2H3,(H2,16,18). The first-order chi connectivity index (χ1) is 9.82. The normalized spacial score (nSPS) is 11.1. The van der Waals surface area contributed by atoms with Crippen LogP contribution in [0, 0.1) is 6.92 Å². The molecule has 0 heterocycles. The summed E-state index contributed by atoms with van der Waals surface area (Å²) in [6, 6.07) is 12.8. The number of nitrogens with two attached hydrogens (primary N) is 1. The maximum Gasteiger partial charge on any atom is 0.264 e. The van der Waals surface area contributed by atoms with E-state index >= 15 is 0 Å². The molecule has 5 nitrogen and oxygen atoms in total. The van der Waals surface area contributed by atoms with Crippen LogP contribution in [-0.2, 0) is 10.0 Å². The maximum atomic E-state index is 12.6. The van der Waals surface area contributed by atoms with Crippen molar-refractivity contribution in [2.75, 3.05) is 11.4 Å². The lowest BCUT2D eigenvalue weighted by Gasteiger charge is -2.20. The van der Waals surface area contributed by atoms with Gasteiger partial charge in [-0.25, -0.2) is 8.42 Å². The summed E-state index contributed by atoms with van der Waals surface area (Å²) < 4.78 is 26.3. The van der Waals surface area contributed by atoms with Gasteiger partial charge in [-0.15, -0.1) is 0 Å². The minimum Gasteiger partial charge on any atom is -0.366 e. The topological polar surface area (TPSA) is 80.5 Å². The number of carbonyl (C=O) groups is 1. The first-order valence-electron chi connectivity index (χ1n) is 6.28. The highest BCUT2D eigenvalue weighted by molar-refractivity contribution is 7.92. The predicted octanol–water partition coefficient (Wildman–Crippen LogP) is 1.92. The van der Waals surface area contributed by atoms with E-state index in [2.05, 4.69) is 0 Å². The molecule has 0 saturated heterocycles. The lowest BCUT2D eigenvalue weighted by atomic mass is 10.2. The van der Waals surface area contributed by atoms with Gasteiger partial charge in [0.25, 0.3) is 10.0 Å². The van der Waals surface area contributed by atoms with Crippen LogP contribution in [-0.4, -0.2) is 21.4 Å². The maximum absolute atomic E-state index is 12.6. The molecule has 0 saturated carbocycles. The lowest BCUT2D eigenvalue weighted by molar-refractivity contribution is 0.1000. The summed E-state index contributed by atoms with van der Waals surface area (Å²) >= 11 is 0. The van der Waals surface area contributed by atoms with E-state index in [1.165, 1.54) is 35.6 Å². The van der Waals surface area contributed by atoms with Crippen molar-refractivity contribution in [3.63, 3.8) is 0 Å². The van der Waals surface area contributed by atoms with Gasteiger partial charge in [0.2, 0.25) is 5.91 Å². The smallest absolute Gasteiger partial charge is 0.264 e. The van der Waals surface area contributed by atoms with Crippen LogP contribution in [0.1, 0.15) is 15.9 Å². The second-order valence-corrected chi connectivity index (χ2v) is 6.67. The number of hydrogen-bond donors (Lipinski definition) is 1. The Bertz CT molecular complexity index is 768. The molecule has 1 amide bonds. The van der Waals surface area contributed by atoms with Crippen LogP contribution < -0.4 is 10.0 Å². The minimum atomic E-state index is -3.74. The third kappa shape index (κ3) is 3.05. The van der Waals surface area contributed by atoms with Gasteiger partial charge in [0.05, 0.1) is 10.6 Å². The summed E-state index contributed by atoms with van der Waals surface area (Å²) in [7, 11) is -2.27. The largest absolute Gasteiger partial charge is 0.366 e. The molecule has 2 aromatic carbocycles. The van der Waals surface area contributed by atoms with Gasteiger partial charge in [-0.3, -0.25) is 9.10 Å². The summed E-state index contributed by atoms with van der Waals surface area (Å²) in [5, 5.41) is 0. The van der Waals surface area contributed by atoms with Gasteiger partial charge in [-0.2, -0.15) is 0 Å². The Kier molecular flexibility index (Phi) is 3.99. The number of carbonyl (C=O) groups excluding carboxylic acids is 1. The Morgan fingerprint density at radius 2 is 1.71 bits per heavy atom. The number of nitrogens with zero attached hydrogens (tertiary/aromatic N) is 1. The van der Waals surface area contributed by atoms with Crippen molar-refractivity contribution in [3.8, 4) is 0 Å². The third-order valence-corrected chi connectivity index (χ3v) is 4.96. The Labute approximate surface area is 124 Å². The molecule has 110 valence electrons. The zero-order valence-electron chi connectivity index (χ0n) is 11.8. The summed E-state index contributed by atoms with van der Waals surface area (Å²) in [4.78, 5) is 11.2. The van der Waals surface area contributed by atoms with E-state index < -0.39 is 15.9 Å². The predicted molar refractivity (Wildman–Crippen MR) is 81.7 cm³/mol.